The van der Waals surface area contributed by atoms with Gasteiger partial charge in [0.25, 0.3) is 0 Å². The molecule has 160 valence electrons. The summed E-state index contributed by atoms with van der Waals surface area (Å²) in [7, 11) is 0. The van der Waals surface area contributed by atoms with Gasteiger partial charge in [-0.2, -0.15) is 0 Å². The molecular formula is C23H40N2O3. The molecule has 0 aromatic heterocycles. The fourth-order valence-corrected chi connectivity index (χ4v) is 8.17. The van der Waals surface area contributed by atoms with Gasteiger partial charge in [0, 0.05) is 12.5 Å². The minimum atomic E-state index is -0.281. The second-order valence-electron chi connectivity index (χ2n) is 10.6. The van der Waals surface area contributed by atoms with E-state index in [4.69, 9.17) is 10.6 Å². The Morgan fingerprint density at radius 2 is 1.86 bits per heavy atom. The van der Waals surface area contributed by atoms with Crippen molar-refractivity contribution < 1.29 is 15.1 Å². The van der Waals surface area contributed by atoms with Gasteiger partial charge < -0.3 is 20.8 Å². The molecule has 4 fully saturated rings. The molecule has 0 radical (unpaired) electrons. The van der Waals surface area contributed by atoms with E-state index in [2.05, 4.69) is 25.9 Å². The van der Waals surface area contributed by atoms with Crippen LogP contribution in [0.4, 0.5) is 0 Å². The van der Waals surface area contributed by atoms with E-state index in [9.17, 15) is 10.2 Å². The third kappa shape index (κ3) is 2.95. The third-order valence-corrected chi connectivity index (χ3v) is 9.54. The average molecular weight is 393 g/mol. The number of oxime groups is 1. The number of rotatable bonds is 4. The number of hydrogen-bond acceptors (Lipinski definition) is 5. The first-order valence-electron chi connectivity index (χ1n) is 11.6. The highest BCUT2D eigenvalue weighted by Crippen LogP contribution is 2.66. The Bertz CT molecular complexity index is 611. The molecule has 5 nitrogen and oxygen atoms in total. The van der Waals surface area contributed by atoms with Gasteiger partial charge in [0.2, 0.25) is 0 Å². The molecule has 4 N–H and O–H groups in total. The zero-order valence-electron chi connectivity index (χ0n) is 17.9. The maximum absolute atomic E-state index is 11.4. The van der Waals surface area contributed by atoms with Gasteiger partial charge in [-0.25, -0.2) is 0 Å². The molecule has 0 amide bonds. The molecule has 0 aromatic carbocycles. The summed E-state index contributed by atoms with van der Waals surface area (Å²) in [5.74, 6) is 2.34. The van der Waals surface area contributed by atoms with E-state index in [-0.39, 0.29) is 29.0 Å². The third-order valence-electron chi connectivity index (χ3n) is 9.54. The number of aliphatic hydroxyl groups is 2. The van der Waals surface area contributed by atoms with Gasteiger partial charge in [0.05, 0.1) is 17.9 Å². The van der Waals surface area contributed by atoms with Gasteiger partial charge in [0.1, 0.15) is 6.61 Å². The van der Waals surface area contributed by atoms with E-state index in [0.29, 0.717) is 36.8 Å². The fourth-order valence-electron chi connectivity index (χ4n) is 8.17. The Balaban J connectivity index is 1.62. The highest BCUT2D eigenvalue weighted by atomic mass is 16.6. The normalized spacial score (nSPS) is 52.1. The number of nitrogens with zero attached hydrogens (tertiary/aromatic N) is 1. The summed E-state index contributed by atoms with van der Waals surface area (Å²) >= 11 is 0. The molecule has 4 unspecified atom stereocenters. The molecular weight excluding hydrogens is 352 g/mol. The van der Waals surface area contributed by atoms with Crippen LogP contribution in [0, 0.1) is 40.4 Å². The van der Waals surface area contributed by atoms with Gasteiger partial charge in [0.15, 0.2) is 0 Å². The van der Waals surface area contributed by atoms with E-state index in [1.165, 1.54) is 6.42 Å². The van der Waals surface area contributed by atoms with E-state index in [0.717, 1.165) is 50.7 Å². The van der Waals surface area contributed by atoms with Crippen LogP contribution in [0.2, 0.25) is 0 Å². The maximum atomic E-state index is 11.4. The Labute approximate surface area is 170 Å². The first-order valence-corrected chi connectivity index (χ1v) is 11.6. The molecule has 0 aliphatic heterocycles. The van der Waals surface area contributed by atoms with E-state index in [1.807, 2.05) is 0 Å². The lowest BCUT2D eigenvalue weighted by atomic mass is 9.43. The van der Waals surface area contributed by atoms with Crippen molar-refractivity contribution in [1.82, 2.24) is 0 Å². The number of fused-ring (bicyclic) bond motifs is 5. The highest BCUT2D eigenvalue weighted by Gasteiger charge is 2.63. The van der Waals surface area contributed by atoms with Gasteiger partial charge in [-0.3, -0.25) is 0 Å². The number of aliphatic hydroxyl groups excluding tert-OH is 2. The molecule has 4 aliphatic carbocycles. The van der Waals surface area contributed by atoms with Crippen molar-refractivity contribution in [3.63, 3.8) is 0 Å². The molecule has 0 spiro atoms. The van der Waals surface area contributed by atoms with Gasteiger partial charge in [-0.15, -0.1) is 0 Å². The first kappa shape index (κ1) is 20.6. The van der Waals surface area contributed by atoms with E-state index >= 15 is 0 Å². The highest BCUT2D eigenvalue weighted by molar-refractivity contribution is 5.87. The quantitative estimate of drug-likeness (QED) is 0.506. The largest absolute Gasteiger partial charge is 0.394 e. The van der Waals surface area contributed by atoms with Crippen molar-refractivity contribution in [2.24, 2.45) is 51.3 Å². The molecule has 9 atom stereocenters. The Kier molecular flexibility index (Phi) is 5.56. The first-order chi connectivity index (χ1) is 13.4. The van der Waals surface area contributed by atoms with Crippen LogP contribution >= 0.6 is 0 Å². The number of nitrogens with two attached hydrogens (primary N) is 1. The number of hydrogen-bond donors (Lipinski definition) is 3. The summed E-state index contributed by atoms with van der Waals surface area (Å²) in [6.07, 6.45) is 7.91. The SMILES string of the molecule is CCC1C(=NOCCN)CC[C@@]2(C)C1C(O)C[C@@H]1[C@H]2CC[C@]2(C)C(O)CC[C@@H]12. The molecule has 0 aromatic rings. The molecule has 0 heterocycles. The van der Waals surface area contributed by atoms with Gasteiger partial charge in [-0.1, -0.05) is 25.9 Å². The fraction of sp³-hybridized carbons (Fsp3) is 0.957. The van der Waals surface area contributed by atoms with E-state index < -0.39 is 0 Å². The van der Waals surface area contributed by atoms with Crippen molar-refractivity contribution in [2.75, 3.05) is 13.2 Å². The monoisotopic (exact) mass is 392 g/mol. The van der Waals surface area contributed by atoms with Crippen molar-refractivity contribution in [2.45, 2.75) is 84.3 Å². The lowest BCUT2D eigenvalue weighted by molar-refractivity contribution is -0.164. The maximum Gasteiger partial charge on any atom is 0.129 e. The van der Waals surface area contributed by atoms with Crippen LogP contribution in [0.3, 0.4) is 0 Å². The topological polar surface area (TPSA) is 88.1 Å². The van der Waals surface area contributed by atoms with Crippen molar-refractivity contribution >= 4 is 5.71 Å². The summed E-state index contributed by atoms with van der Waals surface area (Å²) in [4.78, 5) is 5.44. The molecule has 5 heteroatoms. The second-order valence-corrected chi connectivity index (χ2v) is 10.6. The van der Waals surface area contributed by atoms with Crippen molar-refractivity contribution in [3.05, 3.63) is 0 Å². The van der Waals surface area contributed by atoms with Crippen molar-refractivity contribution in [3.8, 4) is 0 Å². The smallest absolute Gasteiger partial charge is 0.129 e. The summed E-state index contributed by atoms with van der Waals surface area (Å²) in [6, 6.07) is 0. The summed E-state index contributed by atoms with van der Waals surface area (Å²) in [5, 5.41) is 26.5. The minimum absolute atomic E-state index is 0.0611. The Hall–Kier alpha value is -0.650. The second kappa shape index (κ2) is 7.55. The summed E-state index contributed by atoms with van der Waals surface area (Å²) in [6.45, 7) is 7.91. The zero-order valence-corrected chi connectivity index (χ0v) is 17.9. The van der Waals surface area contributed by atoms with Gasteiger partial charge in [-0.05, 0) is 85.9 Å². The van der Waals surface area contributed by atoms with E-state index in [1.54, 1.807) is 0 Å². The average Bonchev–Trinajstić information content (AvgIpc) is 2.97. The zero-order chi connectivity index (χ0) is 20.1. The van der Waals surface area contributed by atoms with Crippen LogP contribution in [-0.4, -0.2) is 41.3 Å². The van der Waals surface area contributed by atoms with Crippen LogP contribution in [0.1, 0.15) is 72.1 Å². The predicted octanol–water partition coefficient (Wildman–Crippen LogP) is 3.33. The van der Waals surface area contributed by atoms with Crippen LogP contribution in [0.15, 0.2) is 5.16 Å². The van der Waals surface area contributed by atoms with Gasteiger partial charge >= 0.3 is 0 Å². The minimum Gasteiger partial charge on any atom is -0.394 e. The predicted molar refractivity (Wildman–Crippen MR) is 111 cm³/mol. The summed E-state index contributed by atoms with van der Waals surface area (Å²) < 4.78 is 0. The van der Waals surface area contributed by atoms with Crippen LogP contribution < -0.4 is 5.73 Å². The molecule has 0 bridgehead atoms. The molecule has 4 rings (SSSR count). The summed E-state index contributed by atoms with van der Waals surface area (Å²) in [5.41, 5.74) is 6.90. The Morgan fingerprint density at radius 3 is 2.57 bits per heavy atom. The van der Waals surface area contributed by atoms with Crippen molar-refractivity contribution in [1.29, 1.82) is 0 Å². The molecule has 4 aliphatic rings. The van der Waals surface area contributed by atoms with Crippen LogP contribution in [0.5, 0.6) is 0 Å². The molecule has 0 saturated heterocycles. The molecule has 28 heavy (non-hydrogen) atoms. The van der Waals surface area contributed by atoms with Crippen LogP contribution in [-0.2, 0) is 4.84 Å². The molecule has 4 saturated carbocycles. The lowest BCUT2D eigenvalue weighted by Crippen LogP contribution is -2.60. The van der Waals surface area contributed by atoms with Crippen LogP contribution in [0.25, 0.3) is 0 Å². The Morgan fingerprint density at radius 1 is 1.11 bits per heavy atom. The standard InChI is InChI=1S/C23H40N2O3/c1-4-14-18(25-28-12-11-24)8-10-23(3)17-7-9-22(2)16(5-6-20(22)27)15(17)13-19(26)21(14)23/h14-17,19-21,26-27H,4-13,24H2,1-3H3/t14?,15-,16-,17+,19?,20?,21?,22-,23+/m0/s1. The lowest BCUT2D eigenvalue weighted by Gasteiger charge is -2.63.